The van der Waals surface area contributed by atoms with Crippen LogP contribution in [0.5, 0.6) is 0 Å². The van der Waals surface area contributed by atoms with Crippen molar-refractivity contribution in [2.45, 2.75) is 46.1 Å². The molecule has 0 radical (unpaired) electrons. The average molecular weight is 371 g/mol. The van der Waals surface area contributed by atoms with E-state index in [1.54, 1.807) is 11.8 Å². The molecule has 2 rings (SSSR count). The number of imide groups is 1. The van der Waals surface area contributed by atoms with E-state index in [9.17, 15) is 14.4 Å². The van der Waals surface area contributed by atoms with Crippen LogP contribution in [0.3, 0.4) is 0 Å². The molecule has 1 fully saturated rings. The number of nitrogens with zero attached hydrogens (tertiary/aromatic N) is 2. The Labute approximate surface area is 161 Å². The highest BCUT2D eigenvalue weighted by molar-refractivity contribution is 6.09. The Kier molecular flexibility index (Phi) is 6.08. The molecule has 1 N–H and O–H groups in total. The summed E-state index contributed by atoms with van der Waals surface area (Å²) in [5.41, 5.74) is 1.54. The van der Waals surface area contributed by atoms with Crippen LogP contribution < -0.4 is 5.32 Å². The number of hydrogen-bond donors (Lipinski definition) is 1. The van der Waals surface area contributed by atoms with Crippen molar-refractivity contribution in [2.24, 2.45) is 0 Å². The molecule has 0 bridgehead atoms. The van der Waals surface area contributed by atoms with Gasteiger partial charge in [0.1, 0.15) is 12.1 Å². The Morgan fingerprint density at radius 3 is 2.33 bits per heavy atom. The summed E-state index contributed by atoms with van der Waals surface area (Å²) in [5, 5.41) is 2.75. The molecule has 0 aliphatic carbocycles. The van der Waals surface area contributed by atoms with Crippen LogP contribution in [-0.4, -0.2) is 47.3 Å². The van der Waals surface area contributed by atoms with Crippen molar-refractivity contribution in [3.63, 3.8) is 0 Å². The van der Waals surface area contributed by atoms with E-state index >= 15 is 0 Å². The lowest BCUT2D eigenvalue weighted by Gasteiger charge is -2.25. The third-order valence-corrected chi connectivity index (χ3v) is 4.92. The SMILES string of the molecule is C=C(C)CN(CC)C(=O)CN1C(=O)N[C@@](C)(c2ccc(C(C)C)cc2)C1=O. The molecule has 1 atom stereocenters. The Balaban J connectivity index is 2.20. The van der Waals surface area contributed by atoms with Crippen LogP contribution in [0.25, 0.3) is 0 Å². The zero-order valence-corrected chi connectivity index (χ0v) is 16.8. The van der Waals surface area contributed by atoms with Crippen LogP contribution in [0.2, 0.25) is 0 Å². The first kappa shape index (κ1) is 20.7. The number of likely N-dealkylation sites (N-methyl/N-ethyl adjacent to an activating group) is 1. The second-order valence-electron chi connectivity index (χ2n) is 7.59. The van der Waals surface area contributed by atoms with Crippen molar-refractivity contribution in [2.75, 3.05) is 19.6 Å². The van der Waals surface area contributed by atoms with Gasteiger partial charge in [-0.05, 0) is 37.8 Å². The van der Waals surface area contributed by atoms with Crippen molar-refractivity contribution < 1.29 is 14.4 Å². The van der Waals surface area contributed by atoms with E-state index < -0.39 is 17.5 Å². The van der Waals surface area contributed by atoms with Crippen molar-refractivity contribution in [1.82, 2.24) is 15.1 Å². The topological polar surface area (TPSA) is 69.7 Å². The van der Waals surface area contributed by atoms with E-state index in [4.69, 9.17) is 0 Å². The van der Waals surface area contributed by atoms with E-state index in [1.165, 1.54) is 0 Å². The molecule has 0 aromatic heterocycles. The van der Waals surface area contributed by atoms with Crippen LogP contribution in [-0.2, 0) is 15.1 Å². The lowest BCUT2D eigenvalue weighted by Crippen LogP contribution is -2.44. The standard InChI is InChI=1S/C21H29N3O3/c1-7-23(12-14(2)3)18(25)13-24-19(26)21(6,22-20(24)27)17-10-8-16(9-11-17)15(4)5/h8-11,15H,2,7,12-13H2,1,3-6H3,(H,22,27)/t21-/m0/s1. The zero-order valence-electron chi connectivity index (χ0n) is 16.8. The molecule has 27 heavy (non-hydrogen) atoms. The molecular formula is C21H29N3O3. The molecule has 4 amide bonds. The number of nitrogens with one attached hydrogen (secondary N) is 1. The van der Waals surface area contributed by atoms with Gasteiger partial charge in [-0.3, -0.25) is 14.5 Å². The maximum atomic E-state index is 13.0. The van der Waals surface area contributed by atoms with Crippen LogP contribution in [0.1, 0.15) is 51.7 Å². The average Bonchev–Trinajstić information content (AvgIpc) is 2.83. The van der Waals surface area contributed by atoms with Gasteiger partial charge in [-0.15, -0.1) is 0 Å². The summed E-state index contributed by atoms with van der Waals surface area (Å²) >= 11 is 0. The number of urea groups is 1. The summed E-state index contributed by atoms with van der Waals surface area (Å²) in [6.07, 6.45) is 0. The van der Waals surface area contributed by atoms with Gasteiger partial charge in [0.25, 0.3) is 5.91 Å². The van der Waals surface area contributed by atoms with Crippen molar-refractivity contribution >= 4 is 17.8 Å². The highest BCUT2D eigenvalue weighted by Crippen LogP contribution is 2.30. The molecule has 0 spiro atoms. The summed E-state index contributed by atoms with van der Waals surface area (Å²) in [6.45, 7) is 14.0. The largest absolute Gasteiger partial charge is 0.337 e. The lowest BCUT2D eigenvalue weighted by atomic mass is 9.90. The number of benzene rings is 1. The van der Waals surface area contributed by atoms with Crippen LogP contribution in [0.15, 0.2) is 36.4 Å². The summed E-state index contributed by atoms with van der Waals surface area (Å²) in [7, 11) is 0. The smallest absolute Gasteiger partial charge is 0.325 e. The van der Waals surface area contributed by atoms with Gasteiger partial charge in [0, 0.05) is 13.1 Å². The van der Waals surface area contributed by atoms with E-state index in [0.29, 0.717) is 24.6 Å². The van der Waals surface area contributed by atoms with Crippen molar-refractivity contribution in [3.05, 3.63) is 47.5 Å². The Morgan fingerprint density at radius 1 is 1.26 bits per heavy atom. The second-order valence-corrected chi connectivity index (χ2v) is 7.59. The van der Waals surface area contributed by atoms with Gasteiger partial charge in [0.05, 0.1) is 0 Å². The molecular weight excluding hydrogens is 342 g/mol. The third kappa shape index (κ3) is 4.21. The highest BCUT2D eigenvalue weighted by atomic mass is 16.2. The van der Waals surface area contributed by atoms with Gasteiger partial charge in [-0.25, -0.2) is 4.79 Å². The Hall–Kier alpha value is -2.63. The zero-order chi connectivity index (χ0) is 20.4. The molecule has 1 aliphatic heterocycles. The molecule has 6 heteroatoms. The van der Waals surface area contributed by atoms with Gasteiger partial charge in [-0.2, -0.15) is 0 Å². The van der Waals surface area contributed by atoms with Gasteiger partial charge in [0.15, 0.2) is 0 Å². The molecule has 146 valence electrons. The number of amides is 4. The van der Waals surface area contributed by atoms with Gasteiger partial charge in [0.2, 0.25) is 5.91 Å². The maximum absolute atomic E-state index is 13.0. The van der Waals surface area contributed by atoms with Gasteiger partial charge < -0.3 is 10.2 Å². The van der Waals surface area contributed by atoms with Gasteiger partial charge >= 0.3 is 6.03 Å². The molecule has 6 nitrogen and oxygen atoms in total. The summed E-state index contributed by atoms with van der Waals surface area (Å²) < 4.78 is 0. The minimum atomic E-state index is -1.17. The monoisotopic (exact) mass is 371 g/mol. The number of carbonyl (C=O) groups is 3. The minimum Gasteiger partial charge on any atom is -0.337 e. The Morgan fingerprint density at radius 2 is 1.85 bits per heavy atom. The first-order chi connectivity index (χ1) is 12.6. The van der Waals surface area contributed by atoms with E-state index in [0.717, 1.165) is 16.0 Å². The number of rotatable bonds is 7. The fraction of sp³-hybridized carbons (Fsp3) is 0.476. The molecule has 0 saturated carbocycles. The predicted molar refractivity (Wildman–Crippen MR) is 105 cm³/mol. The minimum absolute atomic E-state index is 0.272. The third-order valence-electron chi connectivity index (χ3n) is 4.92. The molecule has 1 aliphatic rings. The molecule has 1 aromatic rings. The second kappa shape index (κ2) is 7.94. The normalized spacial score (nSPS) is 19.4. The van der Waals surface area contributed by atoms with Crippen LogP contribution in [0, 0.1) is 0 Å². The fourth-order valence-corrected chi connectivity index (χ4v) is 3.17. The first-order valence-electron chi connectivity index (χ1n) is 9.26. The summed E-state index contributed by atoms with van der Waals surface area (Å²) in [5.74, 6) is -0.309. The molecule has 1 aromatic carbocycles. The summed E-state index contributed by atoms with van der Waals surface area (Å²) in [6, 6.07) is 7.10. The first-order valence-corrected chi connectivity index (χ1v) is 9.26. The fourth-order valence-electron chi connectivity index (χ4n) is 3.17. The van der Waals surface area contributed by atoms with Crippen LogP contribution in [0.4, 0.5) is 4.79 Å². The van der Waals surface area contributed by atoms with Gasteiger partial charge in [-0.1, -0.05) is 50.3 Å². The number of carbonyl (C=O) groups excluding carboxylic acids is 3. The van der Waals surface area contributed by atoms with E-state index in [2.05, 4.69) is 25.7 Å². The van der Waals surface area contributed by atoms with E-state index in [1.807, 2.05) is 38.1 Å². The molecule has 1 saturated heterocycles. The van der Waals surface area contributed by atoms with Crippen molar-refractivity contribution in [3.8, 4) is 0 Å². The van der Waals surface area contributed by atoms with Crippen molar-refractivity contribution in [1.29, 1.82) is 0 Å². The molecule has 0 unspecified atom stereocenters. The quantitative estimate of drug-likeness (QED) is 0.592. The predicted octanol–water partition coefficient (Wildman–Crippen LogP) is 3.00. The molecule has 1 heterocycles. The number of hydrogen-bond acceptors (Lipinski definition) is 3. The maximum Gasteiger partial charge on any atom is 0.325 e. The lowest BCUT2D eigenvalue weighted by molar-refractivity contribution is -0.138. The highest BCUT2D eigenvalue weighted by Gasteiger charge is 2.49. The Bertz CT molecular complexity index is 754. The van der Waals surface area contributed by atoms with E-state index in [-0.39, 0.29) is 12.5 Å². The summed E-state index contributed by atoms with van der Waals surface area (Å²) in [4.78, 5) is 40.5. The van der Waals surface area contributed by atoms with Crippen LogP contribution >= 0.6 is 0 Å².